The Bertz CT molecular complexity index is 179. The first-order valence-corrected chi connectivity index (χ1v) is 7.80. The fourth-order valence-electron chi connectivity index (χ4n) is 2.40. The quantitative estimate of drug-likeness (QED) is 0.575. The van der Waals surface area contributed by atoms with E-state index in [2.05, 4.69) is 24.1 Å². The van der Waals surface area contributed by atoms with Crippen molar-refractivity contribution in [1.82, 2.24) is 10.2 Å². The number of ether oxygens (including phenoxy) is 1. The molecule has 0 aromatic carbocycles. The number of hydrogen-bond donors (Lipinski definition) is 1. The second-order valence-corrected chi connectivity index (χ2v) is 5.80. The lowest BCUT2D eigenvalue weighted by atomic mass is 10.1. The first-order chi connectivity index (χ1) is 8.79. The smallest absolute Gasteiger partial charge is 0.0590 e. The first kappa shape index (κ1) is 15.9. The van der Waals surface area contributed by atoms with Crippen LogP contribution in [0.2, 0.25) is 0 Å². The van der Waals surface area contributed by atoms with Gasteiger partial charge in [-0.3, -0.25) is 0 Å². The molecule has 0 radical (unpaired) electrons. The Kier molecular flexibility index (Phi) is 9.54. The molecule has 0 amide bonds. The minimum Gasteiger partial charge on any atom is -0.380 e. The van der Waals surface area contributed by atoms with E-state index >= 15 is 0 Å². The highest BCUT2D eigenvalue weighted by atomic mass is 16.5. The van der Waals surface area contributed by atoms with Crippen molar-refractivity contribution in [2.45, 2.75) is 46.0 Å². The van der Waals surface area contributed by atoms with Gasteiger partial charge in [-0.2, -0.15) is 0 Å². The third kappa shape index (κ3) is 8.90. The number of nitrogens with one attached hydrogen (secondary N) is 1. The van der Waals surface area contributed by atoms with E-state index in [9.17, 15) is 0 Å². The molecule has 1 fully saturated rings. The zero-order valence-corrected chi connectivity index (χ0v) is 12.4. The minimum atomic E-state index is 0.803. The molecule has 1 saturated heterocycles. The van der Waals surface area contributed by atoms with E-state index in [4.69, 9.17) is 4.74 Å². The van der Waals surface area contributed by atoms with Crippen LogP contribution in [0, 0.1) is 5.92 Å². The molecule has 0 unspecified atom stereocenters. The molecule has 1 aliphatic heterocycles. The highest BCUT2D eigenvalue weighted by Crippen LogP contribution is 2.06. The van der Waals surface area contributed by atoms with Crippen LogP contribution in [0.4, 0.5) is 0 Å². The number of rotatable bonds is 11. The lowest BCUT2D eigenvalue weighted by Crippen LogP contribution is -2.26. The summed E-state index contributed by atoms with van der Waals surface area (Å²) in [4.78, 5) is 2.57. The Balaban J connectivity index is 1.70. The Labute approximate surface area is 113 Å². The summed E-state index contributed by atoms with van der Waals surface area (Å²) in [6.45, 7) is 12.4. The van der Waals surface area contributed by atoms with Crippen molar-refractivity contribution in [3.05, 3.63) is 0 Å². The number of nitrogens with zero attached hydrogens (tertiary/aromatic N) is 1. The highest BCUT2D eigenvalue weighted by molar-refractivity contribution is 4.66. The third-order valence-electron chi connectivity index (χ3n) is 3.52. The maximum Gasteiger partial charge on any atom is 0.0590 e. The van der Waals surface area contributed by atoms with Crippen LogP contribution in [-0.2, 0) is 4.74 Å². The monoisotopic (exact) mass is 256 g/mol. The summed E-state index contributed by atoms with van der Waals surface area (Å²) < 4.78 is 5.59. The molecule has 18 heavy (non-hydrogen) atoms. The lowest BCUT2D eigenvalue weighted by Gasteiger charge is -2.14. The van der Waals surface area contributed by atoms with Gasteiger partial charge in [0.15, 0.2) is 0 Å². The van der Waals surface area contributed by atoms with Crippen LogP contribution >= 0.6 is 0 Å². The molecule has 1 heterocycles. The normalized spacial score (nSPS) is 16.8. The van der Waals surface area contributed by atoms with Crippen LogP contribution in [0.25, 0.3) is 0 Å². The summed E-state index contributed by atoms with van der Waals surface area (Å²) in [6.07, 6.45) is 6.55. The Morgan fingerprint density at radius 1 is 1.06 bits per heavy atom. The molecule has 1 N–H and O–H groups in total. The molecule has 3 nitrogen and oxygen atoms in total. The third-order valence-corrected chi connectivity index (χ3v) is 3.52. The fraction of sp³-hybridized carbons (Fsp3) is 1.00. The lowest BCUT2D eigenvalue weighted by molar-refractivity contribution is 0.129. The van der Waals surface area contributed by atoms with E-state index < -0.39 is 0 Å². The standard InChI is InChI=1S/C15H32N2O/c1-15(2)7-5-13-18-14-9-16-8-6-12-17-10-3-4-11-17/h15-16H,3-14H2,1-2H3. The summed E-state index contributed by atoms with van der Waals surface area (Å²) >= 11 is 0. The molecule has 0 aliphatic carbocycles. The molecule has 0 aromatic heterocycles. The van der Waals surface area contributed by atoms with Crippen molar-refractivity contribution in [1.29, 1.82) is 0 Å². The van der Waals surface area contributed by atoms with Crippen molar-refractivity contribution < 1.29 is 4.74 Å². The van der Waals surface area contributed by atoms with Crippen LogP contribution in [0.5, 0.6) is 0 Å². The summed E-state index contributed by atoms with van der Waals surface area (Å²) in [5.41, 5.74) is 0. The van der Waals surface area contributed by atoms with E-state index in [-0.39, 0.29) is 0 Å². The fourth-order valence-corrected chi connectivity index (χ4v) is 2.40. The molecule has 0 atom stereocenters. The summed E-state index contributed by atoms with van der Waals surface area (Å²) in [7, 11) is 0. The topological polar surface area (TPSA) is 24.5 Å². The molecule has 1 aliphatic rings. The van der Waals surface area contributed by atoms with Gasteiger partial charge in [0.05, 0.1) is 6.61 Å². The van der Waals surface area contributed by atoms with Crippen molar-refractivity contribution in [3.8, 4) is 0 Å². The van der Waals surface area contributed by atoms with E-state index in [1.54, 1.807) is 0 Å². The van der Waals surface area contributed by atoms with E-state index in [0.717, 1.165) is 32.2 Å². The van der Waals surface area contributed by atoms with Gasteiger partial charge >= 0.3 is 0 Å². The SMILES string of the molecule is CC(C)CCCOCCNCCCN1CCCC1. The van der Waals surface area contributed by atoms with E-state index in [0.29, 0.717) is 0 Å². The van der Waals surface area contributed by atoms with Gasteiger partial charge in [0, 0.05) is 13.2 Å². The summed E-state index contributed by atoms with van der Waals surface area (Å²) in [5, 5.41) is 3.46. The zero-order chi connectivity index (χ0) is 13.1. The van der Waals surface area contributed by atoms with Gasteiger partial charge in [-0.05, 0) is 64.2 Å². The van der Waals surface area contributed by atoms with Crippen molar-refractivity contribution in [3.63, 3.8) is 0 Å². The maximum absolute atomic E-state index is 5.59. The molecular weight excluding hydrogens is 224 g/mol. The van der Waals surface area contributed by atoms with Crippen molar-refractivity contribution in [2.75, 3.05) is 45.9 Å². The van der Waals surface area contributed by atoms with E-state index in [1.165, 1.54) is 51.7 Å². The maximum atomic E-state index is 5.59. The van der Waals surface area contributed by atoms with Crippen molar-refractivity contribution in [2.24, 2.45) is 5.92 Å². The molecule has 0 saturated carbocycles. The molecule has 3 heteroatoms. The molecular formula is C15H32N2O. The predicted octanol–water partition coefficient (Wildman–Crippen LogP) is 2.51. The molecule has 0 bridgehead atoms. The number of hydrogen-bond acceptors (Lipinski definition) is 3. The average molecular weight is 256 g/mol. The van der Waals surface area contributed by atoms with Gasteiger partial charge in [-0.15, -0.1) is 0 Å². The van der Waals surface area contributed by atoms with Gasteiger partial charge in [0.2, 0.25) is 0 Å². The molecule has 1 rings (SSSR count). The molecule has 0 aromatic rings. The molecule has 108 valence electrons. The Morgan fingerprint density at radius 2 is 1.83 bits per heavy atom. The predicted molar refractivity (Wildman–Crippen MR) is 78.1 cm³/mol. The summed E-state index contributed by atoms with van der Waals surface area (Å²) in [6, 6.07) is 0. The zero-order valence-electron chi connectivity index (χ0n) is 12.4. The van der Waals surface area contributed by atoms with Gasteiger partial charge in [-0.1, -0.05) is 13.8 Å². The largest absolute Gasteiger partial charge is 0.380 e. The van der Waals surface area contributed by atoms with Gasteiger partial charge in [0.1, 0.15) is 0 Å². The van der Waals surface area contributed by atoms with Gasteiger partial charge in [0.25, 0.3) is 0 Å². The Hall–Kier alpha value is -0.120. The van der Waals surface area contributed by atoms with Crippen molar-refractivity contribution >= 4 is 0 Å². The van der Waals surface area contributed by atoms with Gasteiger partial charge in [-0.25, -0.2) is 0 Å². The Morgan fingerprint density at radius 3 is 2.56 bits per heavy atom. The average Bonchev–Trinajstić information content (AvgIpc) is 2.84. The minimum absolute atomic E-state index is 0.803. The first-order valence-electron chi connectivity index (χ1n) is 7.80. The second kappa shape index (κ2) is 10.8. The molecule has 0 spiro atoms. The van der Waals surface area contributed by atoms with Crippen LogP contribution in [0.3, 0.4) is 0 Å². The van der Waals surface area contributed by atoms with Crippen LogP contribution < -0.4 is 5.32 Å². The number of likely N-dealkylation sites (tertiary alicyclic amines) is 1. The van der Waals surface area contributed by atoms with E-state index in [1.807, 2.05) is 0 Å². The highest BCUT2D eigenvalue weighted by Gasteiger charge is 2.09. The van der Waals surface area contributed by atoms with Gasteiger partial charge < -0.3 is 15.0 Å². The summed E-state index contributed by atoms with van der Waals surface area (Å²) in [5.74, 6) is 0.803. The second-order valence-electron chi connectivity index (χ2n) is 5.80. The van der Waals surface area contributed by atoms with Crippen LogP contribution in [-0.4, -0.2) is 50.8 Å². The van der Waals surface area contributed by atoms with Crippen LogP contribution in [0.1, 0.15) is 46.0 Å². The van der Waals surface area contributed by atoms with Crippen LogP contribution in [0.15, 0.2) is 0 Å².